The fraction of sp³-hybridized carbons (Fsp3) is 0.750. The molecular formula is C12H22O. The molecule has 0 rings (SSSR count). The number of allylic oxidation sites excluding steroid dienone is 2. The fourth-order valence-corrected chi connectivity index (χ4v) is 1.27. The van der Waals surface area contributed by atoms with Gasteiger partial charge in [-0.1, -0.05) is 39.7 Å². The Bertz CT molecular complexity index is 168. The Balaban J connectivity index is 4.09. The summed E-state index contributed by atoms with van der Waals surface area (Å²) in [5.41, 5.74) is 1.06. The fourth-order valence-electron chi connectivity index (χ4n) is 1.27. The van der Waals surface area contributed by atoms with Gasteiger partial charge in [-0.25, -0.2) is 0 Å². The highest BCUT2D eigenvalue weighted by Crippen LogP contribution is 2.11. The van der Waals surface area contributed by atoms with Crippen LogP contribution in [0, 0.1) is 0 Å². The van der Waals surface area contributed by atoms with Crippen molar-refractivity contribution < 1.29 is 4.79 Å². The third-order valence-electron chi connectivity index (χ3n) is 2.16. The van der Waals surface area contributed by atoms with Crippen molar-refractivity contribution in [1.29, 1.82) is 0 Å². The van der Waals surface area contributed by atoms with E-state index in [1.807, 2.05) is 6.92 Å². The molecule has 0 aromatic heterocycles. The van der Waals surface area contributed by atoms with Crippen LogP contribution in [0.1, 0.15) is 59.3 Å². The molecule has 0 aromatic rings. The van der Waals surface area contributed by atoms with Crippen LogP contribution in [0.15, 0.2) is 11.6 Å². The van der Waals surface area contributed by atoms with E-state index >= 15 is 0 Å². The second-order valence-electron chi connectivity index (χ2n) is 3.40. The van der Waals surface area contributed by atoms with Crippen molar-refractivity contribution in [3.63, 3.8) is 0 Å². The van der Waals surface area contributed by atoms with E-state index in [0.717, 1.165) is 31.3 Å². The Morgan fingerprint density at radius 3 is 2.31 bits per heavy atom. The van der Waals surface area contributed by atoms with Gasteiger partial charge < -0.3 is 0 Å². The molecule has 0 fully saturated rings. The molecule has 76 valence electrons. The van der Waals surface area contributed by atoms with Gasteiger partial charge in [0.1, 0.15) is 0 Å². The summed E-state index contributed by atoms with van der Waals surface area (Å²) in [5, 5.41) is 0. The monoisotopic (exact) mass is 182 g/mol. The lowest BCUT2D eigenvalue weighted by atomic mass is 10.0. The molecule has 0 spiro atoms. The molecule has 0 saturated heterocycles. The zero-order chi connectivity index (χ0) is 10.1. The summed E-state index contributed by atoms with van der Waals surface area (Å²) in [6.45, 7) is 6.24. The van der Waals surface area contributed by atoms with Gasteiger partial charge in [-0.15, -0.1) is 0 Å². The Morgan fingerprint density at radius 2 is 1.85 bits per heavy atom. The molecule has 0 unspecified atom stereocenters. The van der Waals surface area contributed by atoms with Crippen LogP contribution in [0.4, 0.5) is 0 Å². The minimum atomic E-state index is 0.335. The predicted molar refractivity (Wildman–Crippen MR) is 57.8 cm³/mol. The van der Waals surface area contributed by atoms with E-state index in [1.54, 1.807) is 0 Å². The highest BCUT2D eigenvalue weighted by atomic mass is 16.1. The average Bonchev–Trinajstić information content (AvgIpc) is 2.17. The van der Waals surface area contributed by atoms with Crippen LogP contribution in [-0.2, 0) is 4.79 Å². The summed E-state index contributed by atoms with van der Waals surface area (Å²) >= 11 is 0. The summed E-state index contributed by atoms with van der Waals surface area (Å²) in [6, 6.07) is 0. The molecule has 1 heteroatoms. The van der Waals surface area contributed by atoms with Gasteiger partial charge in [0.15, 0.2) is 5.78 Å². The summed E-state index contributed by atoms with van der Waals surface area (Å²) in [7, 11) is 0. The number of Topliss-reactive ketones (excluding diaryl/α,β-unsaturated/α-hetero) is 1. The van der Waals surface area contributed by atoms with Crippen molar-refractivity contribution in [3.8, 4) is 0 Å². The number of ketones is 1. The number of carbonyl (C=O) groups is 1. The van der Waals surface area contributed by atoms with Gasteiger partial charge in [0.25, 0.3) is 0 Å². The first-order valence-electron chi connectivity index (χ1n) is 5.48. The second kappa shape index (κ2) is 8.03. The van der Waals surface area contributed by atoms with Crippen LogP contribution in [0.3, 0.4) is 0 Å². The normalized spacial score (nSPS) is 11.8. The van der Waals surface area contributed by atoms with Gasteiger partial charge in [-0.05, 0) is 24.8 Å². The summed E-state index contributed by atoms with van der Waals surface area (Å²) in [4.78, 5) is 11.5. The Kier molecular flexibility index (Phi) is 7.66. The molecule has 0 saturated carbocycles. The minimum absolute atomic E-state index is 0.335. The number of rotatable bonds is 7. The zero-order valence-corrected chi connectivity index (χ0v) is 9.23. The molecular weight excluding hydrogens is 160 g/mol. The van der Waals surface area contributed by atoms with Crippen LogP contribution in [-0.4, -0.2) is 5.78 Å². The van der Waals surface area contributed by atoms with E-state index in [9.17, 15) is 4.79 Å². The highest BCUT2D eigenvalue weighted by molar-refractivity contribution is 5.94. The maximum absolute atomic E-state index is 11.5. The Morgan fingerprint density at radius 1 is 1.15 bits per heavy atom. The second-order valence-corrected chi connectivity index (χ2v) is 3.40. The van der Waals surface area contributed by atoms with Gasteiger partial charge in [0, 0.05) is 6.42 Å². The first-order valence-corrected chi connectivity index (χ1v) is 5.48. The minimum Gasteiger partial charge on any atom is -0.295 e. The molecule has 0 N–H and O–H groups in total. The molecule has 0 radical (unpaired) electrons. The molecule has 13 heavy (non-hydrogen) atoms. The number of hydrogen-bond donors (Lipinski definition) is 0. The SMILES string of the molecule is CCCC=C(CCCC)C(=O)CC. The van der Waals surface area contributed by atoms with Gasteiger partial charge in [-0.3, -0.25) is 4.79 Å². The van der Waals surface area contributed by atoms with E-state index in [4.69, 9.17) is 0 Å². The van der Waals surface area contributed by atoms with Gasteiger partial charge in [0.05, 0.1) is 0 Å². The van der Waals surface area contributed by atoms with Crippen molar-refractivity contribution in [3.05, 3.63) is 11.6 Å². The molecule has 0 atom stereocenters. The number of unbranched alkanes of at least 4 members (excludes halogenated alkanes) is 2. The molecule has 0 heterocycles. The quantitative estimate of drug-likeness (QED) is 0.546. The molecule has 1 nitrogen and oxygen atoms in total. The molecule has 0 aliphatic heterocycles. The van der Waals surface area contributed by atoms with E-state index in [1.165, 1.54) is 6.42 Å². The topological polar surface area (TPSA) is 17.1 Å². The Labute approximate surface area is 82.2 Å². The molecule has 0 bridgehead atoms. The number of hydrogen-bond acceptors (Lipinski definition) is 1. The van der Waals surface area contributed by atoms with Gasteiger partial charge in [-0.2, -0.15) is 0 Å². The molecule has 0 aromatic carbocycles. The van der Waals surface area contributed by atoms with Crippen molar-refractivity contribution in [2.75, 3.05) is 0 Å². The highest BCUT2D eigenvalue weighted by Gasteiger charge is 2.05. The molecule has 0 aliphatic carbocycles. The van der Waals surface area contributed by atoms with E-state index in [2.05, 4.69) is 19.9 Å². The van der Waals surface area contributed by atoms with Gasteiger partial charge in [0.2, 0.25) is 0 Å². The summed E-state index contributed by atoms with van der Waals surface area (Å²) in [5.74, 6) is 0.335. The van der Waals surface area contributed by atoms with Crippen LogP contribution in [0.2, 0.25) is 0 Å². The third kappa shape index (κ3) is 5.62. The maximum atomic E-state index is 11.5. The van der Waals surface area contributed by atoms with Crippen molar-refractivity contribution in [2.24, 2.45) is 0 Å². The Hall–Kier alpha value is -0.590. The number of carbonyl (C=O) groups excluding carboxylic acids is 1. The van der Waals surface area contributed by atoms with E-state index in [-0.39, 0.29) is 0 Å². The molecule has 0 aliphatic rings. The van der Waals surface area contributed by atoms with Crippen molar-refractivity contribution >= 4 is 5.78 Å². The average molecular weight is 182 g/mol. The first-order chi connectivity index (χ1) is 6.26. The van der Waals surface area contributed by atoms with Crippen molar-refractivity contribution in [1.82, 2.24) is 0 Å². The molecule has 0 amide bonds. The lowest BCUT2D eigenvalue weighted by molar-refractivity contribution is -0.115. The van der Waals surface area contributed by atoms with Crippen molar-refractivity contribution in [2.45, 2.75) is 59.3 Å². The van der Waals surface area contributed by atoms with E-state index in [0.29, 0.717) is 12.2 Å². The summed E-state index contributed by atoms with van der Waals surface area (Å²) in [6.07, 6.45) is 8.24. The van der Waals surface area contributed by atoms with Gasteiger partial charge >= 0.3 is 0 Å². The lowest BCUT2D eigenvalue weighted by Crippen LogP contribution is -2.00. The smallest absolute Gasteiger partial charge is 0.158 e. The maximum Gasteiger partial charge on any atom is 0.158 e. The lowest BCUT2D eigenvalue weighted by Gasteiger charge is -2.03. The van der Waals surface area contributed by atoms with Crippen LogP contribution >= 0.6 is 0 Å². The van der Waals surface area contributed by atoms with Crippen LogP contribution < -0.4 is 0 Å². The third-order valence-corrected chi connectivity index (χ3v) is 2.16. The largest absolute Gasteiger partial charge is 0.295 e. The van der Waals surface area contributed by atoms with E-state index < -0.39 is 0 Å². The van der Waals surface area contributed by atoms with Crippen LogP contribution in [0.5, 0.6) is 0 Å². The zero-order valence-electron chi connectivity index (χ0n) is 9.23. The first kappa shape index (κ1) is 12.4. The predicted octanol–water partition coefficient (Wildman–Crippen LogP) is 3.88. The van der Waals surface area contributed by atoms with Crippen LogP contribution in [0.25, 0.3) is 0 Å². The standard InChI is InChI=1S/C12H22O/c1-4-7-9-11(10-8-5-2)12(13)6-3/h9H,4-8,10H2,1-3H3. The summed E-state index contributed by atoms with van der Waals surface area (Å²) < 4.78 is 0.